The molecule has 0 amide bonds. The van der Waals surface area contributed by atoms with Crippen LogP contribution in [0.25, 0.3) is 0 Å². The fourth-order valence-corrected chi connectivity index (χ4v) is 2.65. The molecule has 122 valence electrons. The summed E-state index contributed by atoms with van der Waals surface area (Å²) in [5, 5.41) is 6.32. The molecule has 0 unspecified atom stereocenters. The first-order chi connectivity index (χ1) is 11.4. The fourth-order valence-electron chi connectivity index (χ4n) is 2.65. The maximum atomic E-state index is 13.0. The average molecular weight is 320 g/mol. The molecule has 1 aliphatic rings. The quantitative estimate of drug-likeness (QED) is 0.903. The summed E-state index contributed by atoms with van der Waals surface area (Å²) in [5.74, 6) is -0.348. The van der Waals surface area contributed by atoms with Crippen LogP contribution in [-0.4, -0.2) is 17.1 Å². The Morgan fingerprint density at radius 1 is 0.708 bits per heavy atom. The Morgan fingerprint density at radius 2 is 1.21 bits per heavy atom. The number of hydrogen-bond acceptors (Lipinski definition) is 4. The number of carbonyl (C=O) groups is 2. The normalized spacial score (nSPS) is 14.5. The second kappa shape index (κ2) is 5.96. The zero-order valence-electron chi connectivity index (χ0n) is 14.0. The van der Waals surface area contributed by atoms with Crippen LogP contribution in [0, 0.1) is 0 Å². The summed E-state index contributed by atoms with van der Waals surface area (Å²) in [7, 11) is 0. The van der Waals surface area contributed by atoms with Crippen LogP contribution in [0.5, 0.6) is 0 Å². The smallest absolute Gasteiger partial charge is 0.212 e. The lowest BCUT2D eigenvalue weighted by Gasteiger charge is -2.29. The summed E-state index contributed by atoms with van der Waals surface area (Å²) in [6.07, 6.45) is 0. The predicted molar refractivity (Wildman–Crippen MR) is 95.1 cm³/mol. The molecule has 0 aromatic heterocycles. The summed E-state index contributed by atoms with van der Waals surface area (Å²) < 4.78 is 0. The van der Waals surface area contributed by atoms with Gasteiger partial charge in [0.1, 0.15) is 11.4 Å². The van der Waals surface area contributed by atoms with Gasteiger partial charge in [0.15, 0.2) is 0 Å². The number of benzene rings is 2. The lowest BCUT2D eigenvalue weighted by Crippen LogP contribution is -2.42. The van der Waals surface area contributed by atoms with Gasteiger partial charge in [-0.25, -0.2) is 0 Å². The summed E-state index contributed by atoms with van der Waals surface area (Å²) in [6.45, 7) is 5.87. The number of fused-ring (bicyclic) bond motifs is 1. The fraction of sp³-hybridized carbons (Fsp3) is 0.200. The van der Waals surface area contributed by atoms with Gasteiger partial charge < -0.3 is 10.6 Å². The van der Waals surface area contributed by atoms with E-state index >= 15 is 0 Å². The van der Waals surface area contributed by atoms with E-state index in [-0.39, 0.29) is 17.1 Å². The van der Waals surface area contributed by atoms with E-state index in [9.17, 15) is 9.59 Å². The van der Waals surface area contributed by atoms with Crippen molar-refractivity contribution >= 4 is 17.3 Å². The summed E-state index contributed by atoms with van der Waals surface area (Å²) >= 11 is 0. The highest BCUT2D eigenvalue weighted by atomic mass is 16.1. The Kier molecular flexibility index (Phi) is 3.97. The van der Waals surface area contributed by atoms with Gasteiger partial charge in [0, 0.05) is 22.4 Å². The van der Waals surface area contributed by atoms with Crippen LogP contribution < -0.4 is 10.6 Å². The van der Waals surface area contributed by atoms with E-state index in [1.165, 1.54) is 0 Å². The monoisotopic (exact) mass is 320 g/mol. The van der Waals surface area contributed by atoms with Crippen molar-refractivity contribution in [2.75, 3.05) is 5.32 Å². The third-order valence-electron chi connectivity index (χ3n) is 3.66. The summed E-state index contributed by atoms with van der Waals surface area (Å²) in [5.41, 5.74) is 1.89. The first-order valence-electron chi connectivity index (χ1n) is 7.90. The van der Waals surface area contributed by atoms with Crippen LogP contribution in [-0.2, 0) is 0 Å². The van der Waals surface area contributed by atoms with E-state index in [1.807, 2.05) is 51.1 Å². The largest absolute Gasteiger partial charge is 0.375 e. The molecular weight excluding hydrogens is 300 g/mol. The molecule has 0 radical (unpaired) electrons. The molecule has 0 fully saturated rings. The maximum Gasteiger partial charge on any atom is 0.212 e. The molecule has 0 atom stereocenters. The van der Waals surface area contributed by atoms with Gasteiger partial charge in [0.2, 0.25) is 11.6 Å². The van der Waals surface area contributed by atoms with Crippen molar-refractivity contribution in [2.24, 2.45) is 0 Å². The summed E-state index contributed by atoms with van der Waals surface area (Å²) in [6, 6.07) is 16.3. The van der Waals surface area contributed by atoms with Gasteiger partial charge in [-0.2, -0.15) is 0 Å². The molecule has 4 heteroatoms. The molecule has 2 aromatic rings. The number of nitrogens with one attached hydrogen (secondary N) is 2. The number of para-hydroxylation sites is 1. The standard InChI is InChI=1S/C20H20N2O2/c1-20(2,3)22-17-16(21-13-9-5-4-6-10-13)18(23)14-11-7-8-12-15(14)19(17)24/h4-12,21-22H,1-3H3. The van der Waals surface area contributed by atoms with E-state index in [1.54, 1.807) is 24.3 Å². The molecule has 2 aromatic carbocycles. The average Bonchev–Trinajstić information content (AvgIpc) is 2.56. The molecule has 0 aliphatic heterocycles. The maximum absolute atomic E-state index is 13.0. The number of carbonyl (C=O) groups excluding carboxylic acids is 2. The Balaban J connectivity index is 2.12. The van der Waals surface area contributed by atoms with E-state index in [4.69, 9.17) is 0 Å². The van der Waals surface area contributed by atoms with E-state index in [0.717, 1.165) is 5.69 Å². The molecule has 24 heavy (non-hydrogen) atoms. The number of ketones is 2. The van der Waals surface area contributed by atoms with Gasteiger partial charge in [-0.1, -0.05) is 42.5 Å². The van der Waals surface area contributed by atoms with Crippen molar-refractivity contribution in [2.45, 2.75) is 26.3 Å². The predicted octanol–water partition coefficient (Wildman–Crippen LogP) is 3.78. The second-order valence-electron chi connectivity index (χ2n) is 6.82. The highest BCUT2D eigenvalue weighted by molar-refractivity contribution is 6.27. The lowest BCUT2D eigenvalue weighted by atomic mass is 9.89. The van der Waals surface area contributed by atoms with Gasteiger partial charge in [-0.15, -0.1) is 0 Å². The molecule has 3 rings (SSSR count). The highest BCUT2D eigenvalue weighted by Crippen LogP contribution is 2.27. The van der Waals surface area contributed by atoms with Crippen LogP contribution in [0.4, 0.5) is 5.69 Å². The van der Waals surface area contributed by atoms with Crippen LogP contribution in [0.2, 0.25) is 0 Å². The van der Waals surface area contributed by atoms with Gasteiger partial charge in [0.25, 0.3) is 0 Å². The van der Waals surface area contributed by atoms with E-state index in [2.05, 4.69) is 10.6 Å². The lowest BCUT2D eigenvalue weighted by molar-refractivity contribution is 0.0965. The van der Waals surface area contributed by atoms with Gasteiger partial charge in [0.05, 0.1) is 0 Å². The SMILES string of the molecule is CC(C)(C)NC1=C(Nc2ccccc2)C(=O)c2ccccc2C1=O. The Labute approximate surface area is 141 Å². The number of hydrogen-bond donors (Lipinski definition) is 2. The van der Waals surface area contributed by atoms with Gasteiger partial charge in [-0.3, -0.25) is 9.59 Å². The number of Topliss-reactive ketones (excluding diaryl/α,β-unsaturated/α-hetero) is 2. The number of allylic oxidation sites excluding steroid dienone is 2. The van der Waals surface area contributed by atoms with Gasteiger partial charge >= 0.3 is 0 Å². The van der Waals surface area contributed by atoms with Crippen LogP contribution in [0.3, 0.4) is 0 Å². The van der Waals surface area contributed by atoms with Crippen molar-refractivity contribution in [3.8, 4) is 0 Å². The summed E-state index contributed by atoms with van der Waals surface area (Å²) in [4.78, 5) is 25.9. The minimum absolute atomic E-state index is 0.168. The molecule has 2 N–H and O–H groups in total. The van der Waals surface area contributed by atoms with E-state index < -0.39 is 0 Å². The minimum Gasteiger partial charge on any atom is -0.375 e. The number of anilines is 1. The zero-order valence-corrected chi connectivity index (χ0v) is 14.0. The molecule has 1 aliphatic carbocycles. The van der Waals surface area contributed by atoms with Gasteiger partial charge in [-0.05, 0) is 32.9 Å². The topological polar surface area (TPSA) is 58.2 Å². The molecule has 0 saturated carbocycles. The van der Waals surface area contributed by atoms with Crippen LogP contribution in [0.1, 0.15) is 41.5 Å². The van der Waals surface area contributed by atoms with Crippen molar-refractivity contribution in [3.63, 3.8) is 0 Å². The molecule has 0 saturated heterocycles. The van der Waals surface area contributed by atoms with Crippen LogP contribution in [0.15, 0.2) is 66.0 Å². The minimum atomic E-state index is -0.346. The van der Waals surface area contributed by atoms with Crippen LogP contribution >= 0.6 is 0 Å². The first-order valence-corrected chi connectivity index (χ1v) is 7.90. The van der Waals surface area contributed by atoms with Crippen molar-refractivity contribution < 1.29 is 9.59 Å². The Morgan fingerprint density at radius 3 is 1.75 bits per heavy atom. The highest BCUT2D eigenvalue weighted by Gasteiger charge is 2.33. The molecular formula is C20H20N2O2. The third kappa shape index (κ3) is 3.08. The molecule has 4 nitrogen and oxygen atoms in total. The molecule has 0 bridgehead atoms. The third-order valence-corrected chi connectivity index (χ3v) is 3.66. The zero-order chi connectivity index (χ0) is 17.3. The van der Waals surface area contributed by atoms with E-state index in [0.29, 0.717) is 22.5 Å². The van der Waals surface area contributed by atoms with Crippen molar-refractivity contribution in [1.29, 1.82) is 0 Å². The first kappa shape index (κ1) is 16.0. The molecule has 0 spiro atoms. The Hall–Kier alpha value is -2.88. The number of rotatable bonds is 3. The Bertz CT molecular complexity index is 830. The second-order valence-corrected chi connectivity index (χ2v) is 6.82. The van der Waals surface area contributed by atoms with Crippen molar-refractivity contribution in [3.05, 3.63) is 77.1 Å². The molecule has 0 heterocycles. The van der Waals surface area contributed by atoms with Crippen molar-refractivity contribution in [1.82, 2.24) is 5.32 Å².